The number of hydrogen-bond acceptors (Lipinski definition) is 6. The van der Waals surface area contributed by atoms with Gasteiger partial charge in [0.25, 0.3) is 5.56 Å². The van der Waals surface area contributed by atoms with E-state index in [0.29, 0.717) is 19.3 Å². The molecule has 7 heteroatoms. The summed E-state index contributed by atoms with van der Waals surface area (Å²) in [4.78, 5) is 12.5. The lowest BCUT2D eigenvalue weighted by Gasteiger charge is -2.30. The molecule has 2 aliphatic rings. The molecule has 0 unspecified atom stereocenters. The number of rotatable bonds is 3. The highest BCUT2D eigenvalue weighted by molar-refractivity contribution is 5.35. The van der Waals surface area contributed by atoms with Gasteiger partial charge < -0.3 is 10.1 Å². The first-order valence-electron chi connectivity index (χ1n) is 10.2. The van der Waals surface area contributed by atoms with E-state index in [2.05, 4.69) is 41.4 Å². The lowest BCUT2D eigenvalue weighted by Crippen LogP contribution is -2.35. The number of aromatic nitrogens is 4. The Bertz CT molecular complexity index is 877. The smallest absolute Gasteiger partial charge is 0.267 e. The van der Waals surface area contributed by atoms with E-state index in [0.717, 1.165) is 54.9 Å². The van der Waals surface area contributed by atoms with Gasteiger partial charge in [-0.25, -0.2) is 4.68 Å². The summed E-state index contributed by atoms with van der Waals surface area (Å²) in [5.41, 5.74) is 2.94. The molecular formula is C21H29N5O2. The normalized spacial score (nSPS) is 22.5. The van der Waals surface area contributed by atoms with Crippen molar-refractivity contribution in [2.45, 2.75) is 77.0 Å². The molecule has 0 aromatic carbocycles. The van der Waals surface area contributed by atoms with Gasteiger partial charge in [0.15, 0.2) is 0 Å². The highest BCUT2D eigenvalue weighted by Gasteiger charge is 2.25. The molecule has 2 aromatic rings. The van der Waals surface area contributed by atoms with Crippen LogP contribution >= 0.6 is 0 Å². The first-order valence-corrected chi connectivity index (χ1v) is 10.2. The van der Waals surface area contributed by atoms with Crippen LogP contribution in [0.5, 0.6) is 0 Å². The monoisotopic (exact) mass is 383 g/mol. The van der Waals surface area contributed by atoms with E-state index in [1.54, 1.807) is 10.7 Å². The third kappa shape index (κ3) is 4.09. The third-order valence-electron chi connectivity index (χ3n) is 5.69. The van der Waals surface area contributed by atoms with Crippen LogP contribution in [0.3, 0.4) is 0 Å². The molecule has 1 fully saturated rings. The first kappa shape index (κ1) is 19.1. The van der Waals surface area contributed by atoms with Crippen molar-refractivity contribution in [3.63, 3.8) is 0 Å². The molecule has 3 heterocycles. The minimum Gasteiger partial charge on any atom is -0.376 e. The lowest BCUT2D eigenvalue weighted by molar-refractivity contribution is 0.107. The van der Waals surface area contributed by atoms with Crippen LogP contribution in [0.25, 0.3) is 0 Å². The van der Waals surface area contributed by atoms with Crippen LogP contribution in [-0.4, -0.2) is 32.6 Å². The Balaban J connectivity index is 1.38. The number of anilines is 1. The summed E-state index contributed by atoms with van der Waals surface area (Å²) in [6.07, 6.45) is 4.64. The van der Waals surface area contributed by atoms with Gasteiger partial charge in [-0.05, 0) is 37.8 Å². The van der Waals surface area contributed by atoms with Crippen molar-refractivity contribution in [2.24, 2.45) is 0 Å². The average molecular weight is 383 g/mol. The van der Waals surface area contributed by atoms with Gasteiger partial charge in [-0.3, -0.25) is 4.79 Å². The number of hydrogen-bond donors (Lipinski definition) is 1. The van der Waals surface area contributed by atoms with Crippen molar-refractivity contribution in [1.29, 1.82) is 0 Å². The molecule has 28 heavy (non-hydrogen) atoms. The molecule has 0 amide bonds. The molecule has 7 nitrogen and oxygen atoms in total. The van der Waals surface area contributed by atoms with Crippen LogP contribution in [0, 0.1) is 0 Å². The summed E-state index contributed by atoms with van der Waals surface area (Å²) in [6.45, 7) is 7.59. The molecule has 4 rings (SSSR count). The molecule has 150 valence electrons. The minimum absolute atomic E-state index is 0.00481. The molecule has 1 N–H and O–H groups in total. The van der Waals surface area contributed by atoms with Crippen molar-refractivity contribution in [1.82, 2.24) is 20.0 Å². The number of fused-ring (bicyclic) bond motifs is 1. The molecule has 0 spiro atoms. The van der Waals surface area contributed by atoms with E-state index in [9.17, 15) is 4.79 Å². The Morgan fingerprint density at radius 3 is 2.61 bits per heavy atom. The predicted octanol–water partition coefficient (Wildman–Crippen LogP) is 3.00. The second-order valence-electron chi connectivity index (χ2n) is 8.91. The van der Waals surface area contributed by atoms with Gasteiger partial charge in [0.05, 0.1) is 30.6 Å². The molecule has 0 saturated heterocycles. The second kappa shape index (κ2) is 7.62. The Morgan fingerprint density at radius 1 is 1.14 bits per heavy atom. The standard InChI is InChI=1S/C21H29N5O2/c1-21(2,3)18-8-9-19(24-23-18)22-15-4-6-16(7-5-15)26-20(27)12-14-13-28-11-10-17(14)25-26/h8-9,12,15-16H,4-7,10-11,13H2,1-3H3,(H,22,24). The molecule has 1 aliphatic heterocycles. The maximum Gasteiger partial charge on any atom is 0.267 e. The maximum atomic E-state index is 12.5. The highest BCUT2D eigenvalue weighted by Crippen LogP contribution is 2.29. The highest BCUT2D eigenvalue weighted by atomic mass is 16.5. The lowest BCUT2D eigenvalue weighted by atomic mass is 9.91. The van der Waals surface area contributed by atoms with Crippen molar-refractivity contribution in [2.75, 3.05) is 11.9 Å². The number of nitrogens with one attached hydrogen (secondary N) is 1. The summed E-state index contributed by atoms with van der Waals surface area (Å²) in [6, 6.07) is 6.29. The predicted molar refractivity (Wildman–Crippen MR) is 108 cm³/mol. The molecule has 0 bridgehead atoms. The van der Waals surface area contributed by atoms with Crippen LogP contribution in [0.4, 0.5) is 5.82 Å². The zero-order valence-electron chi connectivity index (χ0n) is 16.9. The Morgan fingerprint density at radius 2 is 1.93 bits per heavy atom. The Kier molecular flexibility index (Phi) is 5.19. The summed E-state index contributed by atoms with van der Waals surface area (Å²) in [5.74, 6) is 0.820. The Hall–Kier alpha value is -2.28. The molecule has 0 atom stereocenters. The van der Waals surface area contributed by atoms with E-state index in [1.807, 2.05) is 12.1 Å². The van der Waals surface area contributed by atoms with Crippen LogP contribution < -0.4 is 10.9 Å². The summed E-state index contributed by atoms with van der Waals surface area (Å²) in [5, 5.41) is 16.8. The zero-order chi connectivity index (χ0) is 19.7. The summed E-state index contributed by atoms with van der Waals surface area (Å²) in [7, 11) is 0. The fraction of sp³-hybridized carbons (Fsp3) is 0.619. The third-order valence-corrected chi connectivity index (χ3v) is 5.69. The number of ether oxygens (including phenoxy) is 1. The van der Waals surface area contributed by atoms with Crippen molar-refractivity contribution < 1.29 is 4.74 Å². The van der Waals surface area contributed by atoms with Crippen molar-refractivity contribution in [3.05, 3.63) is 45.5 Å². The van der Waals surface area contributed by atoms with E-state index in [-0.39, 0.29) is 17.0 Å². The molecule has 0 radical (unpaired) electrons. The molecule has 2 aromatic heterocycles. The van der Waals surface area contributed by atoms with Crippen LogP contribution in [0.1, 0.15) is 69.4 Å². The van der Waals surface area contributed by atoms with E-state index in [4.69, 9.17) is 4.74 Å². The average Bonchev–Trinajstić information content (AvgIpc) is 2.68. The molecule has 1 saturated carbocycles. The van der Waals surface area contributed by atoms with Gasteiger partial charge in [-0.1, -0.05) is 20.8 Å². The maximum absolute atomic E-state index is 12.5. The fourth-order valence-corrected chi connectivity index (χ4v) is 3.97. The quantitative estimate of drug-likeness (QED) is 0.877. The molecular weight excluding hydrogens is 354 g/mol. The van der Waals surface area contributed by atoms with Gasteiger partial charge in [0.2, 0.25) is 0 Å². The van der Waals surface area contributed by atoms with Gasteiger partial charge >= 0.3 is 0 Å². The first-order chi connectivity index (χ1) is 13.4. The summed E-state index contributed by atoms with van der Waals surface area (Å²) >= 11 is 0. The SMILES string of the molecule is CC(C)(C)c1ccc(NC2CCC(n3nc4c(cc3=O)COCC4)CC2)nn1. The van der Waals surface area contributed by atoms with E-state index >= 15 is 0 Å². The summed E-state index contributed by atoms with van der Waals surface area (Å²) < 4.78 is 7.13. The topological polar surface area (TPSA) is 81.9 Å². The molecule has 1 aliphatic carbocycles. The van der Waals surface area contributed by atoms with Crippen LogP contribution in [0.15, 0.2) is 23.0 Å². The van der Waals surface area contributed by atoms with Gasteiger partial charge in [0, 0.05) is 29.5 Å². The van der Waals surface area contributed by atoms with E-state index in [1.165, 1.54) is 0 Å². The number of nitrogens with zero attached hydrogens (tertiary/aromatic N) is 4. The van der Waals surface area contributed by atoms with Crippen molar-refractivity contribution >= 4 is 5.82 Å². The Labute approximate surface area is 165 Å². The zero-order valence-corrected chi connectivity index (χ0v) is 16.9. The largest absolute Gasteiger partial charge is 0.376 e. The van der Waals surface area contributed by atoms with Gasteiger partial charge in [0.1, 0.15) is 5.82 Å². The van der Waals surface area contributed by atoms with Crippen LogP contribution in [-0.2, 0) is 23.2 Å². The van der Waals surface area contributed by atoms with Gasteiger partial charge in [-0.15, -0.1) is 5.10 Å². The minimum atomic E-state index is -0.00991. The fourth-order valence-electron chi connectivity index (χ4n) is 3.97. The van der Waals surface area contributed by atoms with Crippen LogP contribution in [0.2, 0.25) is 0 Å². The van der Waals surface area contributed by atoms with Crippen molar-refractivity contribution in [3.8, 4) is 0 Å². The van der Waals surface area contributed by atoms with Gasteiger partial charge in [-0.2, -0.15) is 10.2 Å². The second-order valence-corrected chi connectivity index (χ2v) is 8.91. The van der Waals surface area contributed by atoms with E-state index < -0.39 is 0 Å².